The molecule has 13 heavy (non-hydrogen) atoms. The molecule has 0 aliphatic carbocycles. The third-order valence-electron chi connectivity index (χ3n) is 1.72. The summed E-state index contributed by atoms with van der Waals surface area (Å²) >= 11 is 0. The summed E-state index contributed by atoms with van der Waals surface area (Å²) < 4.78 is 0. The first-order valence-electron chi connectivity index (χ1n) is 3.69. The van der Waals surface area contributed by atoms with E-state index in [-0.39, 0.29) is 5.82 Å². The van der Waals surface area contributed by atoms with Crippen LogP contribution in [-0.2, 0) is 0 Å². The van der Waals surface area contributed by atoms with Gasteiger partial charge < -0.3 is 10.1 Å². The molecule has 1 aromatic carbocycles. The van der Waals surface area contributed by atoms with Crippen LogP contribution in [-0.4, -0.2) is 9.91 Å². The van der Waals surface area contributed by atoms with E-state index in [4.69, 9.17) is 0 Å². The van der Waals surface area contributed by atoms with Gasteiger partial charge >= 0.3 is 5.82 Å². The van der Waals surface area contributed by atoms with E-state index < -0.39 is 4.92 Å². The second-order valence-electron chi connectivity index (χ2n) is 2.57. The predicted octanol–water partition coefficient (Wildman–Crippen LogP) is 1.94. The molecular weight excluding hydrogens is 168 g/mol. The lowest BCUT2D eigenvalue weighted by Gasteiger charge is -1.93. The standard InChI is InChI=1S/C9H5N2O2/c12-11(13)9-5-7-3-1-2-4-8(7)6-10-9/h1-5H. The first kappa shape index (κ1) is 7.67. The Bertz CT molecular complexity index is 468. The number of rotatable bonds is 1. The second kappa shape index (κ2) is 2.82. The van der Waals surface area contributed by atoms with Crippen LogP contribution in [0, 0.1) is 16.3 Å². The zero-order chi connectivity index (χ0) is 9.26. The van der Waals surface area contributed by atoms with E-state index >= 15 is 0 Å². The highest BCUT2D eigenvalue weighted by molar-refractivity contribution is 5.82. The fourth-order valence-electron chi connectivity index (χ4n) is 1.11. The molecular formula is C9H5N2O2. The summed E-state index contributed by atoms with van der Waals surface area (Å²) in [4.78, 5) is 13.4. The number of nitrogens with zero attached hydrogens (tertiary/aromatic N) is 2. The van der Waals surface area contributed by atoms with Crippen LogP contribution in [0.4, 0.5) is 5.82 Å². The maximum absolute atomic E-state index is 10.4. The van der Waals surface area contributed by atoms with Gasteiger partial charge in [-0.15, -0.1) is 0 Å². The normalized spacial score (nSPS) is 10.2. The topological polar surface area (TPSA) is 56.0 Å². The van der Waals surface area contributed by atoms with E-state index in [1.165, 1.54) is 6.07 Å². The molecule has 2 rings (SSSR count). The summed E-state index contributed by atoms with van der Waals surface area (Å²) in [7, 11) is 0. The van der Waals surface area contributed by atoms with Crippen LogP contribution >= 0.6 is 0 Å². The monoisotopic (exact) mass is 173 g/mol. The molecule has 0 amide bonds. The molecule has 0 aliphatic rings. The number of pyridine rings is 1. The van der Waals surface area contributed by atoms with Crippen molar-refractivity contribution in [2.24, 2.45) is 0 Å². The van der Waals surface area contributed by atoms with Crippen LogP contribution in [0.5, 0.6) is 0 Å². The summed E-state index contributed by atoms with van der Waals surface area (Å²) in [6, 6.07) is 8.70. The lowest BCUT2D eigenvalue weighted by molar-refractivity contribution is -0.389. The molecule has 4 heteroatoms. The Morgan fingerprint density at radius 1 is 1.38 bits per heavy atom. The van der Waals surface area contributed by atoms with E-state index in [0.29, 0.717) is 0 Å². The van der Waals surface area contributed by atoms with Gasteiger partial charge in [-0.05, 0) is 21.4 Å². The van der Waals surface area contributed by atoms with Crippen LogP contribution in [0.1, 0.15) is 0 Å². The highest BCUT2D eigenvalue weighted by Crippen LogP contribution is 2.16. The smallest absolute Gasteiger partial charge is 0.358 e. The number of aromatic nitrogens is 1. The van der Waals surface area contributed by atoms with Crippen LogP contribution in [0.15, 0.2) is 30.3 Å². The van der Waals surface area contributed by atoms with Gasteiger partial charge in [-0.3, -0.25) is 0 Å². The van der Waals surface area contributed by atoms with Gasteiger partial charge in [-0.1, -0.05) is 18.2 Å². The third-order valence-corrected chi connectivity index (χ3v) is 1.72. The lowest BCUT2D eigenvalue weighted by Crippen LogP contribution is -1.91. The Balaban J connectivity index is 2.69. The van der Waals surface area contributed by atoms with Crippen molar-refractivity contribution < 1.29 is 4.92 Å². The molecule has 0 N–H and O–H groups in total. The van der Waals surface area contributed by atoms with Crippen molar-refractivity contribution in [3.05, 3.63) is 46.6 Å². The summed E-state index contributed by atoms with van der Waals surface area (Å²) in [5.74, 6) is -0.168. The molecule has 0 fully saturated rings. The maximum Gasteiger partial charge on any atom is 0.364 e. The molecule has 0 aliphatic heterocycles. The molecule has 1 heterocycles. The van der Waals surface area contributed by atoms with E-state index in [1.807, 2.05) is 18.2 Å². The van der Waals surface area contributed by atoms with Crippen LogP contribution in [0.3, 0.4) is 0 Å². The van der Waals surface area contributed by atoms with Crippen LogP contribution in [0.25, 0.3) is 10.8 Å². The quantitative estimate of drug-likeness (QED) is 0.489. The summed E-state index contributed by atoms with van der Waals surface area (Å²) in [6.07, 6.45) is 2.61. The minimum Gasteiger partial charge on any atom is -0.358 e. The zero-order valence-electron chi connectivity index (χ0n) is 6.60. The Hall–Kier alpha value is -1.97. The summed E-state index contributed by atoms with van der Waals surface area (Å²) in [5.41, 5.74) is 0. The van der Waals surface area contributed by atoms with Crippen molar-refractivity contribution in [3.8, 4) is 0 Å². The third kappa shape index (κ3) is 1.33. The van der Waals surface area contributed by atoms with Gasteiger partial charge in [0.05, 0.1) is 0 Å². The van der Waals surface area contributed by atoms with Gasteiger partial charge in [0.2, 0.25) is 6.20 Å². The molecule has 1 radical (unpaired) electrons. The fourth-order valence-corrected chi connectivity index (χ4v) is 1.11. The molecule has 0 bridgehead atoms. The second-order valence-corrected chi connectivity index (χ2v) is 2.57. The zero-order valence-corrected chi connectivity index (χ0v) is 6.60. The highest BCUT2D eigenvalue weighted by atomic mass is 16.6. The van der Waals surface area contributed by atoms with Gasteiger partial charge in [0, 0.05) is 11.5 Å². The Morgan fingerprint density at radius 3 is 2.92 bits per heavy atom. The molecule has 0 atom stereocenters. The Labute approximate surface area is 74.0 Å². The van der Waals surface area contributed by atoms with Crippen molar-refractivity contribution in [2.45, 2.75) is 0 Å². The van der Waals surface area contributed by atoms with E-state index in [2.05, 4.69) is 11.2 Å². The molecule has 0 spiro atoms. The number of benzene rings is 1. The number of hydrogen-bond donors (Lipinski definition) is 0. The van der Waals surface area contributed by atoms with Crippen LogP contribution < -0.4 is 0 Å². The van der Waals surface area contributed by atoms with Crippen molar-refractivity contribution in [3.63, 3.8) is 0 Å². The molecule has 1 aromatic heterocycles. The Kier molecular flexibility index (Phi) is 1.66. The van der Waals surface area contributed by atoms with Crippen molar-refractivity contribution in [2.75, 3.05) is 0 Å². The average Bonchev–Trinajstić information content (AvgIpc) is 2.17. The molecule has 0 saturated carbocycles. The molecule has 0 saturated heterocycles. The summed E-state index contributed by atoms with van der Waals surface area (Å²) in [5, 5.41) is 11.9. The van der Waals surface area contributed by atoms with Gasteiger partial charge in [0.1, 0.15) is 0 Å². The SMILES string of the molecule is O=[N+]([O-])c1cc2ccccc2[c]n1. The number of hydrogen-bond acceptors (Lipinski definition) is 3. The molecule has 0 unspecified atom stereocenters. The van der Waals surface area contributed by atoms with Crippen molar-refractivity contribution in [1.82, 2.24) is 4.98 Å². The molecule has 63 valence electrons. The van der Waals surface area contributed by atoms with Crippen molar-refractivity contribution >= 4 is 16.6 Å². The molecule has 2 aromatic rings. The van der Waals surface area contributed by atoms with Gasteiger partial charge in [-0.2, -0.15) is 0 Å². The Morgan fingerprint density at radius 2 is 2.15 bits per heavy atom. The van der Waals surface area contributed by atoms with E-state index in [1.54, 1.807) is 6.07 Å². The lowest BCUT2D eigenvalue weighted by atomic mass is 10.2. The van der Waals surface area contributed by atoms with Crippen molar-refractivity contribution in [1.29, 1.82) is 0 Å². The van der Waals surface area contributed by atoms with E-state index in [0.717, 1.165) is 10.8 Å². The minimum atomic E-state index is -0.525. The first-order chi connectivity index (χ1) is 6.27. The van der Waals surface area contributed by atoms with Gasteiger partial charge in [0.25, 0.3) is 0 Å². The average molecular weight is 173 g/mol. The van der Waals surface area contributed by atoms with Crippen LogP contribution in [0.2, 0.25) is 0 Å². The highest BCUT2D eigenvalue weighted by Gasteiger charge is 2.07. The maximum atomic E-state index is 10.4. The van der Waals surface area contributed by atoms with Gasteiger partial charge in [-0.25, -0.2) is 0 Å². The van der Waals surface area contributed by atoms with E-state index in [9.17, 15) is 10.1 Å². The minimum absolute atomic E-state index is 0.168. The first-order valence-corrected chi connectivity index (χ1v) is 3.69. The van der Waals surface area contributed by atoms with Gasteiger partial charge in [0.15, 0.2) is 0 Å². The predicted molar refractivity (Wildman–Crippen MR) is 47.2 cm³/mol. The number of fused-ring (bicyclic) bond motifs is 1. The number of nitro groups is 1. The fraction of sp³-hybridized carbons (Fsp3) is 0. The summed E-state index contributed by atoms with van der Waals surface area (Å²) in [6.45, 7) is 0. The largest absolute Gasteiger partial charge is 0.364 e. The molecule has 4 nitrogen and oxygen atoms in total.